The zero-order valence-electron chi connectivity index (χ0n) is 35.3. The molecular weight excluding hydrogens is 857 g/mol. The van der Waals surface area contributed by atoms with Gasteiger partial charge in [-0.15, -0.1) is 4.98 Å². The van der Waals surface area contributed by atoms with E-state index in [0.29, 0.717) is 33.7 Å². The average molecular weight is 897 g/mol. The summed E-state index contributed by atoms with van der Waals surface area (Å²) in [5.74, 6) is 2.19. The van der Waals surface area contributed by atoms with Crippen LogP contribution in [0.3, 0.4) is 0 Å². The molecule has 0 spiro atoms. The summed E-state index contributed by atoms with van der Waals surface area (Å²) in [6, 6.07) is 79.4. The number of anilines is 6. The quantitative estimate of drug-likeness (QED) is 0.104. The molecule has 8 aromatic carbocycles. The van der Waals surface area contributed by atoms with Crippen molar-refractivity contribution in [1.82, 2.24) is 29.9 Å². The number of rotatable bonds is 14. The van der Waals surface area contributed by atoms with Gasteiger partial charge in [-0.25, -0.2) is 0 Å². The van der Waals surface area contributed by atoms with Gasteiger partial charge in [0.05, 0.1) is 0 Å². The normalized spacial score (nSPS) is 10.5. The molecule has 0 bridgehead atoms. The predicted octanol–water partition coefficient (Wildman–Crippen LogP) is 14.6. The summed E-state index contributed by atoms with van der Waals surface area (Å²) in [6.45, 7) is 0. The van der Waals surface area contributed by atoms with Crippen LogP contribution >= 0.6 is 23.5 Å². The zero-order chi connectivity index (χ0) is 44.6. The molecule has 0 fully saturated rings. The summed E-state index contributed by atoms with van der Waals surface area (Å²) < 4.78 is 11.9. The van der Waals surface area contributed by atoms with Gasteiger partial charge in [-0.1, -0.05) is 146 Å². The molecule has 10 aromatic rings. The Morgan fingerprint density at radius 2 is 0.545 bits per heavy atom. The van der Waals surface area contributed by atoms with E-state index < -0.39 is 0 Å². The third-order valence-corrected chi connectivity index (χ3v) is 11.2. The molecule has 12 heteroatoms. The van der Waals surface area contributed by atoms with Crippen molar-refractivity contribution in [2.24, 2.45) is 0 Å². The van der Waals surface area contributed by atoms with Gasteiger partial charge in [0.15, 0.2) is 10.3 Å². The van der Waals surface area contributed by atoms with Gasteiger partial charge in [0.25, 0.3) is 0 Å². The highest BCUT2D eigenvalue weighted by atomic mass is 32.2. The van der Waals surface area contributed by atoms with Gasteiger partial charge in [-0.05, 0) is 121 Å². The third kappa shape index (κ3) is 11.6. The molecule has 320 valence electrons. The van der Waals surface area contributed by atoms with E-state index >= 15 is 0 Å². The molecule has 66 heavy (non-hydrogen) atoms. The summed E-state index contributed by atoms with van der Waals surface area (Å²) in [5.41, 5.74) is 3.76. The summed E-state index contributed by atoms with van der Waals surface area (Å²) in [7, 11) is 0. The van der Waals surface area contributed by atoms with Crippen LogP contribution in [0, 0.1) is 0 Å². The molecule has 0 saturated heterocycles. The fourth-order valence-electron chi connectivity index (χ4n) is 6.48. The van der Waals surface area contributed by atoms with Gasteiger partial charge in [-0.3, -0.25) is 9.80 Å². The Morgan fingerprint density at radius 1 is 0.273 bits per heavy atom. The van der Waals surface area contributed by atoms with Crippen molar-refractivity contribution >= 4 is 58.2 Å². The Kier molecular flexibility index (Phi) is 14.2. The van der Waals surface area contributed by atoms with Crippen molar-refractivity contribution in [3.05, 3.63) is 243 Å². The van der Waals surface area contributed by atoms with Gasteiger partial charge in [0.1, 0.15) is 11.5 Å². The molecule has 0 radical (unpaired) electrons. The summed E-state index contributed by atoms with van der Waals surface area (Å²) in [4.78, 5) is 34.3. The van der Waals surface area contributed by atoms with Crippen LogP contribution in [0.4, 0.5) is 34.6 Å². The Labute approximate surface area is 391 Å². The second kappa shape index (κ2) is 21.8. The fourth-order valence-corrected chi connectivity index (χ4v) is 8.07. The van der Waals surface area contributed by atoms with Crippen LogP contribution in [0.15, 0.2) is 263 Å². The second-order valence-electron chi connectivity index (χ2n) is 14.1. The lowest BCUT2D eigenvalue weighted by Crippen LogP contribution is -2.14. The lowest BCUT2D eigenvalue weighted by atomic mass is 10.2. The van der Waals surface area contributed by atoms with Crippen molar-refractivity contribution < 1.29 is 9.47 Å². The van der Waals surface area contributed by atoms with Crippen LogP contribution in [0.1, 0.15) is 0 Å². The minimum absolute atomic E-state index is 0.133. The van der Waals surface area contributed by atoms with Gasteiger partial charge in [0, 0.05) is 32.5 Å². The van der Waals surface area contributed by atoms with Crippen LogP contribution in [-0.4, -0.2) is 29.9 Å². The molecule has 0 saturated carbocycles. The summed E-state index contributed by atoms with van der Waals surface area (Å²) >= 11 is 3.06. The maximum absolute atomic E-state index is 5.95. The lowest BCUT2D eigenvalue weighted by Gasteiger charge is -2.23. The minimum Gasteiger partial charge on any atom is -0.424 e. The molecule has 0 amide bonds. The SMILES string of the molecule is c1ccc(Oc2nc(Oc3ccccc3)nc(N(c3ccccc3)c3ccccc3)n2)cc1.c1ccc(Sc2nc(Sc3ccccc3)nc(N(c3ccccc3)c3ccccc3)n2)cc1. The number of hydrogen-bond donors (Lipinski definition) is 0. The highest BCUT2D eigenvalue weighted by molar-refractivity contribution is 7.99. The van der Waals surface area contributed by atoms with Crippen molar-refractivity contribution in [3.63, 3.8) is 0 Å². The molecular formula is C54H40N8O2S2. The van der Waals surface area contributed by atoms with E-state index in [4.69, 9.17) is 24.4 Å². The Hall–Kier alpha value is -8.32. The Bertz CT molecular complexity index is 2620. The number of benzene rings is 8. The first-order chi connectivity index (χ1) is 32.7. The topological polar surface area (TPSA) is 102 Å². The molecule has 2 aromatic heterocycles. The molecule has 0 unspecified atom stereocenters. The van der Waals surface area contributed by atoms with Gasteiger partial charge in [-0.2, -0.15) is 24.9 Å². The molecule has 0 aliphatic rings. The van der Waals surface area contributed by atoms with Crippen molar-refractivity contribution in [2.75, 3.05) is 9.80 Å². The van der Waals surface area contributed by atoms with Crippen molar-refractivity contribution in [2.45, 2.75) is 20.1 Å². The molecule has 0 aliphatic heterocycles. The molecule has 0 atom stereocenters. The fraction of sp³-hybridized carbons (Fsp3) is 0. The maximum atomic E-state index is 5.95. The van der Waals surface area contributed by atoms with Crippen LogP contribution < -0.4 is 19.3 Å². The maximum Gasteiger partial charge on any atom is 0.330 e. The van der Waals surface area contributed by atoms with E-state index in [1.807, 2.05) is 199 Å². The van der Waals surface area contributed by atoms with Crippen LogP contribution in [0.5, 0.6) is 23.5 Å². The van der Waals surface area contributed by atoms with Gasteiger partial charge < -0.3 is 9.47 Å². The number of ether oxygens (including phenoxy) is 2. The van der Waals surface area contributed by atoms with Gasteiger partial charge in [0.2, 0.25) is 11.9 Å². The average Bonchev–Trinajstić information content (AvgIpc) is 3.37. The number of para-hydroxylation sites is 6. The first-order valence-corrected chi connectivity index (χ1v) is 22.6. The van der Waals surface area contributed by atoms with Crippen molar-refractivity contribution in [3.8, 4) is 23.5 Å². The highest BCUT2D eigenvalue weighted by Gasteiger charge is 2.21. The minimum atomic E-state index is 0.133. The van der Waals surface area contributed by atoms with Gasteiger partial charge >= 0.3 is 12.0 Å². The molecule has 2 heterocycles. The van der Waals surface area contributed by atoms with E-state index in [1.165, 1.54) is 23.5 Å². The molecule has 10 rings (SSSR count). The number of nitrogens with zero attached hydrogens (tertiary/aromatic N) is 8. The largest absolute Gasteiger partial charge is 0.424 e. The summed E-state index contributed by atoms with van der Waals surface area (Å²) in [5, 5.41) is 1.31. The van der Waals surface area contributed by atoms with E-state index in [9.17, 15) is 0 Å². The molecule has 10 nitrogen and oxygen atoms in total. The first-order valence-electron chi connectivity index (χ1n) is 20.9. The Balaban J connectivity index is 0.000000166. The molecule has 0 aliphatic carbocycles. The monoisotopic (exact) mass is 896 g/mol. The van der Waals surface area contributed by atoms with Crippen LogP contribution in [-0.2, 0) is 0 Å². The van der Waals surface area contributed by atoms with E-state index in [1.54, 1.807) is 0 Å². The van der Waals surface area contributed by atoms with E-state index in [-0.39, 0.29) is 12.0 Å². The number of aromatic nitrogens is 6. The molecule has 0 N–H and O–H groups in total. The smallest absolute Gasteiger partial charge is 0.330 e. The van der Waals surface area contributed by atoms with Crippen LogP contribution in [0.2, 0.25) is 0 Å². The first kappa shape index (κ1) is 43.0. The Morgan fingerprint density at radius 3 is 0.864 bits per heavy atom. The number of hydrogen-bond acceptors (Lipinski definition) is 12. The van der Waals surface area contributed by atoms with E-state index in [2.05, 4.69) is 68.4 Å². The van der Waals surface area contributed by atoms with E-state index in [0.717, 1.165) is 32.5 Å². The predicted molar refractivity (Wildman–Crippen MR) is 263 cm³/mol. The highest BCUT2D eigenvalue weighted by Crippen LogP contribution is 2.37. The standard InChI is InChI=1S/C27H20N4O2.C27H20N4S2/c2*1-5-13-21(14-6-1)31(22-15-7-2-8-16-22)25-28-26(32-23-17-9-3-10-18-23)30-27(29-25)33-24-19-11-4-12-20-24/h2*1-20H. The zero-order valence-corrected chi connectivity index (χ0v) is 36.9. The summed E-state index contributed by atoms with van der Waals surface area (Å²) in [6.07, 6.45) is 0. The third-order valence-electron chi connectivity index (χ3n) is 9.43. The second-order valence-corrected chi connectivity index (χ2v) is 16.2. The van der Waals surface area contributed by atoms with Crippen molar-refractivity contribution in [1.29, 1.82) is 0 Å². The van der Waals surface area contributed by atoms with Crippen LogP contribution in [0.25, 0.3) is 0 Å². The lowest BCUT2D eigenvalue weighted by molar-refractivity contribution is 0.398.